The fourth-order valence-corrected chi connectivity index (χ4v) is 4.31. The maximum absolute atomic E-state index is 14.3. The van der Waals surface area contributed by atoms with Gasteiger partial charge in [0.15, 0.2) is 0 Å². The largest absolute Gasteiger partial charge is 0.495 e. The van der Waals surface area contributed by atoms with Crippen molar-refractivity contribution in [3.8, 4) is 5.75 Å². The maximum Gasteiger partial charge on any atom is 0.258 e. The summed E-state index contributed by atoms with van der Waals surface area (Å²) in [5.41, 5.74) is 0.602. The minimum atomic E-state index is -3.83. The number of aryl methyl sites for hydroxylation is 1. The van der Waals surface area contributed by atoms with Crippen molar-refractivity contribution >= 4 is 33.2 Å². The molecule has 0 aliphatic heterocycles. The molecular weight excluding hydrogens is 407 g/mol. The summed E-state index contributed by atoms with van der Waals surface area (Å²) in [7, 11) is -2.42. The number of sulfonamides is 1. The predicted octanol–water partition coefficient (Wildman–Crippen LogP) is 4.08. The highest BCUT2D eigenvalue weighted by molar-refractivity contribution is 7.89. The zero-order valence-electron chi connectivity index (χ0n) is 16.0. The summed E-state index contributed by atoms with van der Waals surface area (Å²) in [6.07, 6.45) is 0. The number of nitrogens with one attached hydrogen (secondary N) is 1. The van der Waals surface area contributed by atoms with Crippen LogP contribution in [0, 0.1) is 12.7 Å². The van der Waals surface area contributed by atoms with Crippen molar-refractivity contribution in [1.82, 2.24) is 4.31 Å². The number of hydrogen-bond donors (Lipinski definition) is 1. The van der Waals surface area contributed by atoms with Crippen LogP contribution < -0.4 is 10.1 Å². The van der Waals surface area contributed by atoms with Gasteiger partial charge in [0.05, 0.1) is 23.3 Å². The Morgan fingerprint density at radius 2 is 1.86 bits per heavy atom. The molecule has 0 aromatic heterocycles. The molecule has 6 nitrogen and oxygen atoms in total. The number of methoxy groups -OCH3 is 1. The summed E-state index contributed by atoms with van der Waals surface area (Å²) in [5, 5.41) is 3.00. The van der Waals surface area contributed by atoms with Crippen molar-refractivity contribution in [2.45, 2.75) is 25.7 Å². The van der Waals surface area contributed by atoms with Gasteiger partial charge in [-0.1, -0.05) is 25.4 Å². The molecule has 152 valence electrons. The van der Waals surface area contributed by atoms with Gasteiger partial charge < -0.3 is 10.1 Å². The second kappa shape index (κ2) is 8.89. The first-order chi connectivity index (χ1) is 13.1. The number of anilines is 1. The fraction of sp³-hybridized carbons (Fsp3) is 0.316. The predicted molar refractivity (Wildman–Crippen MR) is 107 cm³/mol. The van der Waals surface area contributed by atoms with Gasteiger partial charge in [0.1, 0.15) is 11.6 Å². The number of benzene rings is 2. The number of hydrogen-bond acceptors (Lipinski definition) is 4. The standard InChI is InChI=1S/C19H22ClFN2O4S/c1-5-23(6-2)28(25,26)13-7-8-16(21)14(10-13)19(24)22-17-9-12(3)15(20)11-18(17)27-4/h7-11H,5-6H2,1-4H3,(H,22,24). The monoisotopic (exact) mass is 428 g/mol. The van der Waals surface area contributed by atoms with Gasteiger partial charge in [0.25, 0.3) is 5.91 Å². The van der Waals surface area contributed by atoms with Gasteiger partial charge in [-0.05, 0) is 36.8 Å². The molecule has 0 atom stereocenters. The lowest BCUT2D eigenvalue weighted by molar-refractivity contribution is 0.102. The normalized spacial score (nSPS) is 11.5. The lowest BCUT2D eigenvalue weighted by Crippen LogP contribution is -2.31. The second-order valence-electron chi connectivity index (χ2n) is 5.99. The molecule has 0 bridgehead atoms. The Hall–Kier alpha value is -2.16. The van der Waals surface area contributed by atoms with Gasteiger partial charge >= 0.3 is 0 Å². The molecule has 0 heterocycles. The number of carbonyl (C=O) groups excluding carboxylic acids is 1. The number of rotatable bonds is 7. The minimum Gasteiger partial charge on any atom is -0.495 e. The summed E-state index contributed by atoms with van der Waals surface area (Å²) in [6.45, 7) is 5.67. The van der Waals surface area contributed by atoms with Gasteiger partial charge in [-0.2, -0.15) is 4.31 Å². The highest BCUT2D eigenvalue weighted by atomic mass is 35.5. The first-order valence-corrected chi connectivity index (χ1v) is 10.4. The van der Waals surface area contributed by atoms with Crippen molar-refractivity contribution in [2.75, 3.05) is 25.5 Å². The van der Waals surface area contributed by atoms with Crippen LogP contribution in [-0.4, -0.2) is 38.8 Å². The molecule has 0 radical (unpaired) electrons. The Bertz CT molecular complexity index is 992. The van der Waals surface area contributed by atoms with Gasteiger partial charge in [-0.25, -0.2) is 12.8 Å². The zero-order chi connectivity index (χ0) is 21.1. The van der Waals surface area contributed by atoms with Crippen LogP contribution in [0.4, 0.5) is 10.1 Å². The number of nitrogens with zero attached hydrogens (tertiary/aromatic N) is 1. The van der Waals surface area contributed by atoms with E-state index in [9.17, 15) is 17.6 Å². The van der Waals surface area contributed by atoms with Crippen molar-refractivity contribution in [1.29, 1.82) is 0 Å². The van der Waals surface area contributed by atoms with E-state index in [-0.39, 0.29) is 23.5 Å². The second-order valence-corrected chi connectivity index (χ2v) is 8.33. The van der Waals surface area contributed by atoms with Crippen molar-refractivity contribution in [3.63, 3.8) is 0 Å². The summed E-state index contributed by atoms with van der Waals surface area (Å²) in [4.78, 5) is 12.5. The molecule has 1 amide bonds. The van der Waals surface area contributed by atoms with Crippen LogP contribution in [0.5, 0.6) is 5.75 Å². The van der Waals surface area contributed by atoms with Crippen LogP contribution in [0.15, 0.2) is 35.2 Å². The van der Waals surface area contributed by atoms with E-state index in [1.807, 2.05) is 0 Å². The summed E-state index contributed by atoms with van der Waals surface area (Å²) in [5.74, 6) is -1.33. The van der Waals surface area contributed by atoms with Crippen LogP contribution >= 0.6 is 11.6 Å². The molecule has 9 heteroatoms. The van der Waals surface area contributed by atoms with E-state index in [4.69, 9.17) is 16.3 Å². The molecule has 0 spiro atoms. The Kier molecular flexibility index (Phi) is 7.03. The van der Waals surface area contributed by atoms with E-state index in [1.54, 1.807) is 26.8 Å². The summed E-state index contributed by atoms with van der Waals surface area (Å²) in [6, 6.07) is 6.27. The van der Waals surface area contributed by atoms with Crippen LogP contribution in [0.2, 0.25) is 5.02 Å². The van der Waals surface area contributed by atoms with Crippen molar-refractivity contribution in [3.05, 3.63) is 52.3 Å². The molecule has 28 heavy (non-hydrogen) atoms. The van der Waals surface area contributed by atoms with E-state index >= 15 is 0 Å². The van der Waals surface area contributed by atoms with E-state index in [0.717, 1.165) is 18.2 Å². The third-order valence-corrected chi connectivity index (χ3v) is 6.71. The van der Waals surface area contributed by atoms with Crippen LogP contribution in [0.1, 0.15) is 29.8 Å². The molecule has 0 aliphatic carbocycles. The third kappa shape index (κ3) is 4.45. The zero-order valence-corrected chi connectivity index (χ0v) is 17.6. The number of ether oxygens (including phenoxy) is 1. The van der Waals surface area contributed by atoms with Crippen molar-refractivity contribution < 1.29 is 22.3 Å². The molecular formula is C19H22ClFN2O4S. The molecule has 0 saturated heterocycles. The third-order valence-electron chi connectivity index (χ3n) is 4.25. The number of carbonyl (C=O) groups is 1. The van der Waals surface area contributed by atoms with Crippen LogP contribution in [-0.2, 0) is 10.0 Å². The van der Waals surface area contributed by atoms with E-state index < -0.39 is 21.7 Å². The molecule has 0 aliphatic rings. The van der Waals surface area contributed by atoms with E-state index in [2.05, 4.69) is 5.32 Å². The molecule has 0 unspecified atom stereocenters. The van der Waals surface area contributed by atoms with Crippen molar-refractivity contribution in [2.24, 2.45) is 0 Å². The molecule has 0 saturated carbocycles. The van der Waals surface area contributed by atoms with Crippen LogP contribution in [0.3, 0.4) is 0 Å². The van der Waals surface area contributed by atoms with Gasteiger partial charge in [-0.3, -0.25) is 4.79 Å². The smallest absolute Gasteiger partial charge is 0.258 e. The quantitative estimate of drug-likeness (QED) is 0.721. The Labute approximate surface area is 169 Å². The van der Waals surface area contributed by atoms with E-state index in [1.165, 1.54) is 17.5 Å². The number of halogens is 2. The SMILES string of the molecule is CCN(CC)S(=O)(=O)c1ccc(F)c(C(=O)Nc2cc(C)c(Cl)cc2OC)c1. The Morgan fingerprint density at radius 1 is 1.21 bits per heavy atom. The Morgan fingerprint density at radius 3 is 2.43 bits per heavy atom. The highest BCUT2D eigenvalue weighted by Gasteiger charge is 2.24. The maximum atomic E-state index is 14.3. The first-order valence-electron chi connectivity index (χ1n) is 8.60. The summed E-state index contributed by atoms with van der Waals surface area (Å²) < 4.78 is 46.0. The first kappa shape index (κ1) is 22.1. The van der Waals surface area contributed by atoms with E-state index in [0.29, 0.717) is 22.0 Å². The van der Waals surface area contributed by atoms with Gasteiger partial charge in [-0.15, -0.1) is 0 Å². The fourth-order valence-electron chi connectivity index (χ4n) is 2.67. The topological polar surface area (TPSA) is 75.7 Å². The highest BCUT2D eigenvalue weighted by Crippen LogP contribution is 2.31. The Balaban J connectivity index is 2.44. The van der Waals surface area contributed by atoms with Gasteiger partial charge in [0, 0.05) is 24.2 Å². The lowest BCUT2D eigenvalue weighted by Gasteiger charge is -2.19. The molecule has 2 aromatic carbocycles. The molecule has 2 rings (SSSR count). The molecule has 2 aromatic rings. The summed E-state index contributed by atoms with van der Waals surface area (Å²) >= 11 is 6.05. The number of amides is 1. The minimum absolute atomic E-state index is 0.151. The molecule has 1 N–H and O–H groups in total. The van der Waals surface area contributed by atoms with Crippen LogP contribution in [0.25, 0.3) is 0 Å². The average Bonchev–Trinajstić information content (AvgIpc) is 2.65. The molecule has 0 fully saturated rings. The lowest BCUT2D eigenvalue weighted by atomic mass is 10.1. The van der Waals surface area contributed by atoms with Gasteiger partial charge in [0.2, 0.25) is 10.0 Å². The average molecular weight is 429 g/mol.